The lowest BCUT2D eigenvalue weighted by Crippen LogP contribution is -2.45. The van der Waals surface area contributed by atoms with Gasteiger partial charge in [0.2, 0.25) is 5.91 Å². The molecule has 0 spiro atoms. The number of amides is 2. The third-order valence-electron chi connectivity index (χ3n) is 3.78. The number of nitrogens with one attached hydrogen (secondary N) is 2. The first-order chi connectivity index (χ1) is 12.2. The number of nitrogens with two attached hydrogens (primary N) is 1. The Morgan fingerprint density at radius 3 is 2.20 bits per heavy atom. The van der Waals surface area contributed by atoms with Gasteiger partial charge in [0.25, 0.3) is 5.91 Å². The lowest BCUT2D eigenvalue weighted by Gasteiger charge is -2.17. The van der Waals surface area contributed by atoms with Crippen molar-refractivity contribution in [3.63, 3.8) is 0 Å². The molecule has 1 aromatic heterocycles. The Morgan fingerprint density at radius 2 is 1.52 bits per heavy atom. The molecule has 6 nitrogen and oxygen atoms in total. The maximum atomic E-state index is 12.6. The molecule has 3 rings (SSSR count). The van der Waals surface area contributed by atoms with Gasteiger partial charge in [0.1, 0.15) is 6.04 Å². The Balaban J connectivity index is 1.78. The van der Waals surface area contributed by atoms with Gasteiger partial charge in [-0.15, -0.1) is 0 Å². The summed E-state index contributed by atoms with van der Waals surface area (Å²) in [5.41, 5.74) is 12.6. The molecule has 2 amide bonds. The van der Waals surface area contributed by atoms with Crippen LogP contribution in [0.1, 0.15) is 22.0 Å². The molecule has 0 unspecified atom stereocenters. The zero-order chi connectivity index (χ0) is 17.6. The Morgan fingerprint density at radius 1 is 0.880 bits per heavy atom. The summed E-state index contributed by atoms with van der Waals surface area (Å²) >= 11 is 0. The molecule has 4 N–H and O–H groups in total. The molecule has 0 fully saturated rings. The van der Waals surface area contributed by atoms with Crippen molar-refractivity contribution in [3.8, 4) is 5.69 Å². The largest absolute Gasteiger partial charge is 0.368 e. The van der Waals surface area contributed by atoms with Crippen molar-refractivity contribution < 1.29 is 9.59 Å². The number of primary amides is 1. The summed E-state index contributed by atoms with van der Waals surface area (Å²) in [5, 5.41) is 0. The number of rotatable bonds is 6. The van der Waals surface area contributed by atoms with E-state index < -0.39 is 11.9 Å². The van der Waals surface area contributed by atoms with Crippen LogP contribution in [0.4, 0.5) is 0 Å². The zero-order valence-electron chi connectivity index (χ0n) is 13.4. The van der Waals surface area contributed by atoms with E-state index in [1.54, 1.807) is 36.4 Å². The van der Waals surface area contributed by atoms with Gasteiger partial charge in [0.15, 0.2) is 0 Å². The summed E-state index contributed by atoms with van der Waals surface area (Å²) in [6.07, 6.45) is 3.71. The minimum atomic E-state index is -0.816. The molecule has 0 saturated carbocycles. The highest BCUT2D eigenvalue weighted by molar-refractivity contribution is 5.97. The molecule has 3 aromatic rings. The standard InChI is InChI=1S/C19H18N4O2/c20-18(24)17(14-8-2-1-3-9-14)21-22-19(25)15-10-4-5-11-16(15)23-12-6-7-13-23/h1-13,17,21H,(H2,20,24)(H,22,25)/t17-/m1/s1. The summed E-state index contributed by atoms with van der Waals surface area (Å²) in [6.45, 7) is 0. The number of hydrogen-bond donors (Lipinski definition) is 3. The summed E-state index contributed by atoms with van der Waals surface area (Å²) in [4.78, 5) is 24.3. The molecule has 25 heavy (non-hydrogen) atoms. The van der Waals surface area contributed by atoms with Crippen LogP contribution >= 0.6 is 0 Å². The van der Waals surface area contributed by atoms with Gasteiger partial charge in [-0.3, -0.25) is 15.0 Å². The van der Waals surface area contributed by atoms with E-state index in [-0.39, 0.29) is 5.91 Å². The van der Waals surface area contributed by atoms with E-state index in [0.717, 1.165) is 5.69 Å². The third-order valence-corrected chi connectivity index (χ3v) is 3.78. The second-order valence-corrected chi connectivity index (χ2v) is 5.45. The van der Waals surface area contributed by atoms with Crippen LogP contribution in [0.5, 0.6) is 0 Å². The van der Waals surface area contributed by atoms with Gasteiger partial charge >= 0.3 is 0 Å². The molecule has 0 aliphatic rings. The van der Waals surface area contributed by atoms with E-state index in [0.29, 0.717) is 11.1 Å². The number of benzene rings is 2. The Labute approximate surface area is 145 Å². The van der Waals surface area contributed by atoms with E-state index in [2.05, 4.69) is 10.9 Å². The lowest BCUT2D eigenvalue weighted by molar-refractivity contribution is -0.120. The predicted octanol–water partition coefficient (Wildman–Crippen LogP) is 1.94. The van der Waals surface area contributed by atoms with Crippen molar-refractivity contribution in [2.75, 3.05) is 0 Å². The van der Waals surface area contributed by atoms with Gasteiger partial charge < -0.3 is 10.3 Å². The molecule has 0 bridgehead atoms. The van der Waals surface area contributed by atoms with Crippen molar-refractivity contribution in [2.24, 2.45) is 5.73 Å². The second-order valence-electron chi connectivity index (χ2n) is 5.45. The number of carbonyl (C=O) groups is 2. The number of aromatic nitrogens is 1. The van der Waals surface area contributed by atoms with Crippen LogP contribution in [-0.4, -0.2) is 16.4 Å². The van der Waals surface area contributed by atoms with Crippen molar-refractivity contribution in [1.29, 1.82) is 0 Å². The smallest absolute Gasteiger partial charge is 0.267 e. The van der Waals surface area contributed by atoms with Crippen molar-refractivity contribution >= 4 is 11.8 Å². The zero-order valence-corrected chi connectivity index (χ0v) is 13.4. The normalized spacial score (nSPS) is 11.7. The molecule has 2 aromatic carbocycles. The Hall–Kier alpha value is -3.38. The molecular formula is C19H18N4O2. The maximum absolute atomic E-state index is 12.6. The first-order valence-electron chi connectivity index (χ1n) is 7.79. The third kappa shape index (κ3) is 3.76. The number of carbonyl (C=O) groups excluding carboxylic acids is 2. The topological polar surface area (TPSA) is 89.2 Å². The fraction of sp³-hybridized carbons (Fsp3) is 0.0526. The van der Waals surface area contributed by atoms with Crippen LogP contribution in [-0.2, 0) is 4.79 Å². The van der Waals surface area contributed by atoms with Crippen LogP contribution < -0.4 is 16.6 Å². The van der Waals surface area contributed by atoms with Crippen LogP contribution in [0, 0.1) is 0 Å². The monoisotopic (exact) mass is 334 g/mol. The van der Waals surface area contributed by atoms with Gasteiger partial charge in [0, 0.05) is 12.4 Å². The van der Waals surface area contributed by atoms with Gasteiger partial charge in [0.05, 0.1) is 11.3 Å². The highest BCUT2D eigenvalue weighted by atomic mass is 16.2. The molecule has 1 atom stereocenters. The fourth-order valence-electron chi connectivity index (χ4n) is 2.56. The molecule has 0 saturated heterocycles. The molecule has 0 aliphatic heterocycles. The van der Waals surface area contributed by atoms with Crippen LogP contribution in [0.25, 0.3) is 5.69 Å². The van der Waals surface area contributed by atoms with Crippen molar-refractivity contribution in [2.45, 2.75) is 6.04 Å². The highest BCUT2D eigenvalue weighted by Gasteiger charge is 2.19. The molecular weight excluding hydrogens is 316 g/mol. The number of hydrazine groups is 1. The number of nitrogens with zero attached hydrogens (tertiary/aromatic N) is 1. The summed E-state index contributed by atoms with van der Waals surface area (Å²) < 4.78 is 1.84. The minimum Gasteiger partial charge on any atom is -0.368 e. The molecule has 126 valence electrons. The summed E-state index contributed by atoms with van der Waals surface area (Å²) in [6, 6.07) is 19.1. The SMILES string of the molecule is NC(=O)[C@H](NNC(=O)c1ccccc1-n1cccc1)c1ccccc1. The van der Waals surface area contributed by atoms with Crippen molar-refractivity contribution in [3.05, 3.63) is 90.3 Å². The van der Waals surface area contributed by atoms with Gasteiger partial charge in [-0.05, 0) is 29.8 Å². The predicted molar refractivity (Wildman–Crippen MR) is 94.7 cm³/mol. The Bertz CT molecular complexity index is 860. The van der Waals surface area contributed by atoms with E-state index in [4.69, 9.17) is 5.73 Å². The minimum absolute atomic E-state index is 0.355. The number of para-hydroxylation sites is 1. The lowest BCUT2D eigenvalue weighted by atomic mass is 10.1. The van der Waals surface area contributed by atoms with E-state index >= 15 is 0 Å². The van der Waals surface area contributed by atoms with Crippen LogP contribution in [0.3, 0.4) is 0 Å². The quantitative estimate of drug-likeness (QED) is 0.602. The van der Waals surface area contributed by atoms with Gasteiger partial charge in [-0.1, -0.05) is 42.5 Å². The Kier molecular flexibility index (Phi) is 4.92. The van der Waals surface area contributed by atoms with Crippen LogP contribution in [0.15, 0.2) is 79.1 Å². The molecule has 0 aliphatic carbocycles. The number of hydrogen-bond acceptors (Lipinski definition) is 3. The summed E-state index contributed by atoms with van der Waals surface area (Å²) in [5.74, 6) is -0.934. The van der Waals surface area contributed by atoms with E-state index in [1.165, 1.54) is 0 Å². The second kappa shape index (κ2) is 7.46. The average molecular weight is 334 g/mol. The summed E-state index contributed by atoms with van der Waals surface area (Å²) in [7, 11) is 0. The maximum Gasteiger partial charge on any atom is 0.267 e. The average Bonchev–Trinajstić information content (AvgIpc) is 3.17. The van der Waals surface area contributed by atoms with Gasteiger partial charge in [-0.2, -0.15) is 0 Å². The highest BCUT2D eigenvalue weighted by Crippen LogP contribution is 2.15. The van der Waals surface area contributed by atoms with Crippen LogP contribution in [0.2, 0.25) is 0 Å². The van der Waals surface area contributed by atoms with Gasteiger partial charge in [-0.25, -0.2) is 5.43 Å². The van der Waals surface area contributed by atoms with E-state index in [1.807, 2.05) is 47.3 Å². The first kappa shape index (κ1) is 16.5. The van der Waals surface area contributed by atoms with Crippen molar-refractivity contribution in [1.82, 2.24) is 15.4 Å². The molecule has 6 heteroatoms. The van der Waals surface area contributed by atoms with E-state index in [9.17, 15) is 9.59 Å². The fourth-order valence-corrected chi connectivity index (χ4v) is 2.56. The molecule has 1 heterocycles. The molecule has 0 radical (unpaired) electrons. The first-order valence-corrected chi connectivity index (χ1v) is 7.79.